The number of methoxy groups -OCH3 is 2. The second-order valence-corrected chi connectivity index (χ2v) is 6.57. The van der Waals surface area contributed by atoms with Gasteiger partial charge in [0.15, 0.2) is 0 Å². The molecule has 1 aliphatic heterocycles. The van der Waals surface area contributed by atoms with E-state index in [0.29, 0.717) is 5.56 Å². The first-order valence-electron chi connectivity index (χ1n) is 6.80. The number of hydrogen-bond acceptors (Lipinski definition) is 4. The first-order chi connectivity index (χ1) is 11.4. The Morgan fingerprint density at radius 3 is 2.08 bits per heavy atom. The predicted molar refractivity (Wildman–Crippen MR) is 97.8 cm³/mol. The third kappa shape index (κ3) is 2.27. The van der Waals surface area contributed by atoms with Gasteiger partial charge in [-0.3, -0.25) is 4.79 Å². The maximum atomic E-state index is 12.7. The van der Waals surface area contributed by atoms with Gasteiger partial charge in [-0.25, -0.2) is 4.31 Å². The van der Waals surface area contributed by atoms with Gasteiger partial charge < -0.3 is 9.47 Å². The highest BCUT2D eigenvalue weighted by molar-refractivity contribution is 7.78. The minimum absolute atomic E-state index is 0.128. The van der Waals surface area contributed by atoms with E-state index in [1.54, 1.807) is 0 Å². The van der Waals surface area contributed by atoms with Crippen LogP contribution in [0.25, 0.3) is 11.1 Å². The van der Waals surface area contributed by atoms with Crippen LogP contribution >= 0.6 is 47.6 Å². The maximum Gasteiger partial charge on any atom is 0.294 e. The number of nitrogens with zero attached hydrogens (tertiary/aromatic N) is 1. The molecule has 0 unspecified atom stereocenters. The van der Waals surface area contributed by atoms with Gasteiger partial charge in [0.1, 0.15) is 0 Å². The van der Waals surface area contributed by atoms with Crippen molar-refractivity contribution in [3.05, 3.63) is 56.5 Å². The van der Waals surface area contributed by atoms with Crippen molar-refractivity contribution in [2.75, 3.05) is 14.2 Å². The molecule has 0 atom stereocenters. The average Bonchev–Trinajstić information content (AvgIpc) is 2.83. The third-order valence-corrected chi connectivity index (χ3v) is 5.61. The standard InChI is InChI=1S/C16H12Cl3NO3S/c1-22-16(23-2)11-10(15(21)20(16)24)12(17)9(13(18)14(11)19)8-6-4-3-5-7-8/h3-7,24H,1-2H3. The van der Waals surface area contributed by atoms with Gasteiger partial charge in [0, 0.05) is 19.8 Å². The Hall–Kier alpha value is -0.950. The molecule has 2 aromatic rings. The van der Waals surface area contributed by atoms with Crippen LogP contribution in [-0.2, 0) is 15.4 Å². The predicted octanol–water partition coefficient (Wildman–Crippen LogP) is 5.02. The molecule has 0 bridgehead atoms. The summed E-state index contributed by atoms with van der Waals surface area (Å²) in [6.07, 6.45) is 0. The number of thiol groups is 1. The van der Waals surface area contributed by atoms with Crippen molar-refractivity contribution >= 4 is 53.5 Å². The number of rotatable bonds is 3. The summed E-state index contributed by atoms with van der Waals surface area (Å²) in [6, 6.07) is 9.19. The molecule has 1 aliphatic rings. The lowest BCUT2D eigenvalue weighted by Gasteiger charge is -2.32. The third-order valence-electron chi connectivity index (χ3n) is 3.94. The first kappa shape index (κ1) is 17.9. The van der Waals surface area contributed by atoms with Crippen LogP contribution in [0.3, 0.4) is 0 Å². The SMILES string of the molecule is COC1(OC)c2c(Cl)c(Cl)c(-c3ccccc3)c(Cl)c2C(=O)N1S. The number of amides is 1. The summed E-state index contributed by atoms with van der Waals surface area (Å²) in [7, 11) is 2.75. The second-order valence-electron chi connectivity index (χ2n) is 5.04. The fraction of sp³-hybridized carbons (Fsp3) is 0.188. The molecule has 4 nitrogen and oxygen atoms in total. The Kier molecular flexibility index (Phi) is 4.77. The van der Waals surface area contributed by atoms with E-state index in [1.165, 1.54) is 14.2 Å². The van der Waals surface area contributed by atoms with Gasteiger partial charge in [0.2, 0.25) is 0 Å². The van der Waals surface area contributed by atoms with Crippen LogP contribution in [0.5, 0.6) is 0 Å². The average molecular weight is 405 g/mol. The molecule has 0 saturated heterocycles. The van der Waals surface area contributed by atoms with Gasteiger partial charge in [-0.1, -0.05) is 77.9 Å². The molecule has 1 heterocycles. The van der Waals surface area contributed by atoms with Crippen LogP contribution in [0.15, 0.2) is 30.3 Å². The normalized spacial score (nSPS) is 15.8. The number of fused-ring (bicyclic) bond motifs is 1. The summed E-state index contributed by atoms with van der Waals surface area (Å²) in [5, 5.41) is 0.510. The summed E-state index contributed by atoms with van der Waals surface area (Å²) in [6.45, 7) is 0. The van der Waals surface area contributed by atoms with E-state index in [0.717, 1.165) is 9.87 Å². The fourth-order valence-corrected chi connectivity index (χ4v) is 4.22. The Morgan fingerprint density at radius 2 is 1.54 bits per heavy atom. The van der Waals surface area contributed by atoms with E-state index in [4.69, 9.17) is 44.3 Å². The zero-order valence-corrected chi connectivity index (χ0v) is 15.8. The second kappa shape index (κ2) is 6.41. The highest BCUT2D eigenvalue weighted by atomic mass is 35.5. The van der Waals surface area contributed by atoms with Gasteiger partial charge in [0.25, 0.3) is 11.8 Å². The number of carbonyl (C=O) groups is 1. The molecule has 0 saturated carbocycles. The zero-order valence-electron chi connectivity index (χ0n) is 12.6. The number of carbonyl (C=O) groups excluding carboxylic acids is 1. The van der Waals surface area contributed by atoms with Crippen LogP contribution in [-0.4, -0.2) is 24.4 Å². The highest BCUT2D eigenvalue weighted by Crippen LogP contribution is 2.53. The molecule has 1 amide bonds. The molecule has 126 valence electrons. The van der Waals surface area contributed by atoms with Crippen LogP contribution in [0.4, 0.5) is 0 Å². The summed E-state index contributed by atoms with van der Waals surface area (Å²) >= 11 is 23.7. The molecule has 24 heavy (non-hydrogen) atoms. The lowest BCUT2D eigenvalue weighted by molar-refractivity contribution is -0.258. The van der Waals surface area contributed by atoms with Crippen molar-refractivity contribution in [1.29, 1.82) is 0 Å². The minimum Gasteiger partial charge on any atom is -0.332 e. The van der Waals surface area contributed by atoms with Crippen molar-refractivity contribution in [1.82, 2.24) is 4.31 Å². The van der Waals surface area contributed by atoms with Crippen molar-refractivity contribution in [2.24, 2.45) is 0 Å². The molecule has 2 aromatic carbocycles. The van der Waals surface area contributed by atoms with Gasteiger partial charge in [-0.05, 0) is 5.56 Å². The van der Waals surface area contributed by atoms with E-state index in [9.17, 15) is 4.79 Å². The Bertz CT molecular complexity index is 825. The molecule has 0 N–H and O–H groups in total. The first-order valence-corrected chi connectivity index (χ1v) is 8.34. The molecule has 0 aliphatic carbocycles. The minimum atomic E-state index is -1.60. The molecule has 0 fully saturated rings. The van der Waals surface area contributed by atoms with Crippen LogP contribution in [0.2, 0.25) is 15.1 Å². The Balaban J connectivity index is 2.41. The number of ether oxygens (including phenoxy) is 2. The highest BCUT2D eigenvalue weighted by Gasteiger charge is 2.54. The number of hydrogen-bond donors (Lipinski definition) is 1. The summed E-state index contributed by atoms with van der Waals surface area (Å²) in [5.41, 5.74) is 1.61. The molecule has 0 radical (unpaired) electrons. The Morgan fingerprint density at radius 1 is 0.958 bits per heavy atom. The topological polar surface area (TPSA) is 38.8 Å². The monoisotopic (exact) mass is 403 g/mol. The van der Waals surface area contributed by atoms with Crippen molar-refractivity contribution < 1.29 is 14.3 Å². The van der Waals surface area contributed by atoms with E-state index >= 15 is 0 Å². The van der Waals surface area contributed by atoms with Gasteiger partial charge in [0.05, 0.1) is 26.2 Å². The van der Waals surface area contributed by atoms with E-state index in [2.05, 4.69) is 12.8 Å². The van der Waals surface area contributed by atoms with Gasteiger partial charge >= 0.3 is 0 Å². The van der Waals surface area contributed by atoms with Crippen LogP contribution in [0.1, 0.15) is 15.9 Å². The summed E-state index contributed by atoms with van der Waals surface area (Å²) < 4.78 is 11.8. The van der Waals surface area contributed by atoms with Gasteiger partial charge in [-0.15, -0.1) is 0 Å². The lowest BCUT2D eigenvalue weighted by Crippen LogP contribution is -2.41. The van der Waals surface area contributed by atoms with E-state index in [-0.39, 0.29) is 26.2 Å². The molecular weight excluding hydrogens is 393 g/mol. The van der Waals surface area contributed by atoms with E-state index < -0.39 is 11.8 Å². The van der Waals surface area contributed by atoms with Crippen molar-refractivity contribution in [3.8, 4) is 11.1 Å². The molecule has 0 spiro atoms. The molecular formula is C16H12Cl3NO3S. The number of halogens is 3. The summed E-state index contributed by atoms with van der Waals surface area (Å²) in [4.78, 5) is 12.7. The molecule has 0 aromatic heterocycles. The maximum absolute atomic E-state index is 12.7. The van der Waals surface area contributed by atoms with Crippen molar-refractivity contribution in [3.63, 3.8) is 0 Å². The number of benzene rings is 2. The van der Waals surface area contributed by atoms with E-state index in [1.807, 2.05) is 30.3 Å². The lowest BCUT2D eigenvalue weighted by atomic mass is 9.98. The van der Waals surface area contributed by atoms with Crippen LogP contribution < -0.4 is 0 Å². The zero-order chi connectivity index (χ0) is 17.6. The van der Waals surface area contributed by atoms with Crippen LogP contribution in [0, 0.1) is 0 Å². The molecule has 8 heteroatoms. The fourth-order valence-electron chi connectivity index (χ4n) is 2.82. The van der Waals surface area contributed by atoms with Gasteiger partial charge in [-0.2, -0.15) is 0 Å². The Labute approximate surface area is 159 Å². The smallest absolute Gasteiger partial charge is 0.294 e. The molecule has 3 rings (SSSR count). The largest absolute Gasteiger partial charge is 0.332 e. The quantitative estimate of drug-likeness (QED) is 0.443. The van der Waals surface area contributed by atoms with Crippen molar-refractivity contribution in [2.45, 2.75) is 5.91 Å². The summed E-state index contributed by atoms with van der Waals surface area (Å²) in [5.74, 6) is -2.09.